The third kappa shape index (κ3) is 4.58. The van der Waals surface area contributed by atoms with Gasteiger partial charge in [0.1, 0.15) is 0 Å². The lowest BCUT2D eigenvalue weighted by Gasteiger charge is -2.33. The number of halogens is 1. The summed E-state index contributed by atoms with van der Waals surface area (Å²) in [6.45, 7) is 2.84. The number of aliphatic imine (C=N–C) groups is 1. The van der Waals surface area contributed by atoms with E-state index in [1.165, 1.54) is 29.2 Å². The zero-order valence-corrected chi connectivity index (χ0v) is 20.0. The molecule has 2 unspecified atom stereocenters. The molecule has 0 radical (unpaired) electrons. The number of carbonyl (C=O) groups is 2. The fourth-order valence-electron chi connectivity index (χ4n) is 5.34. The number of anilines is 1. The van der Waals surface area contributed by atoms with Crippen molar-refractivity contribution < 1.29 is 9.59 Å². The van der Waals surface area contributed by atoms with Gasteiger partial charge in [-0.3, -0.25) is 14.6 Å². The Labute approximate surface area is 205 Å². The third-order valence-corrected chi connectivity index (χ3v) is 7.22. The maximum atomic E-state index is 13.1. The highest BCUT2D eigenvalue weighted by Crippen LogP contribution is 2.41. The molecule has 2 aliphatic heterocycles. The van der Waals surface area contributed by atoms with Crippen molar-refractivity contribution in [3.05, 3.63) is 81.9 Å². The van der Waals surface area contributed by atoms with Crippen LogP contribution in [0.1, 0.15) is 47.7 Å². The van der Waals surface area contributed by atoms with Gasteiger partial charge in [0.05, 0.1) is 6.04 Å². The molecule has 0 aromatic heterocycles. The summed E-state index contributed by atoms with van der Waals surface area (Å²) in [7, 11) is 0. The predicted molar refractivity (Wildman–Crippen MR) is 137 cm³/mol. The van der Waals surface area contributed by atoms with Crippen molar-refractivity contribution >= 4 is 40.9 Å². The van der Waals surface area contributed by atoms with Crippen LogP contribution in [0.25, 0.3) is 5.57 Å². The molecule has 2 aromatic rings. The zero-order chi connectivity index (χ0) is 23.7. The molecule has 1 saturated heterocycles. The SMILES string of the molecule is CC(=O)Nc1ccc(C(=O)N2CCC(=C3c4ccc(Cl)cc4CCC4C=CC=NC34)CC2)cc1. The van der Waals surface area contributed by atoms with Gasteiger partial charge in [-0.15, -0.1) is 0 Å². The first-order valence-corrected chi connectivity index (χ1v) is 12.2. The number of nitrogens with one attached hydrogen (secondary N) is 1. The van der Waals surface area contributed by atoms with Crippen LogP contribution in [0, 0.1) is 5.92 Å². The summed E-state index contributed by atoms with van der Waals surface area (Å²) >= 11 is 6.34. The van der Waals surface area contributed by atoms with E-state index in [9.17, 15) is 9.59 Å². The Kier molecular flexibility index (Phi) is 6.38. The van der Waals surface area contributed by atoms with Gasteiger partial charge in [-0.1, -0.05) is 29.3 Å². The molecule has 174 valence electrons. The van der Waals surface area contributed by atoms with E-state index in [1.54, 1.807) is 24.3 Å². The van der Waals surface area contributed by atoms with Crippen LogP contribution in [0.5, 0.6) is 0 Å². The number of benzene rings is 2. The second kappa shape index (κ2) is 9.59. The number of fused-ring (bicyclic) bond motifs is 2. The monoisotopic (exact) mass is 473 g/mol. The van der Waals surface area contributed by atoms with Gasteiger partial charge >= 0.3 is 0 Å². The van der Waals surface area contributed by atoms with E-state index >= 15 is 0 Å². The lowest BCUT2D eigenvalue weighted by molar-refractivity contribution is -0.114. The van der Waals surface area contributed by atoms with Gasteiger partial charge in [0.15, 0.2) is 0 Å². The smallest absolute Gasteiger partial charge is 0.253 e. The predicted octanol–water partition coefficient (Wildman–Crippen LogP) is 5.56. The van der Waals surface area contributed by atoms with Crippen molar-refractivity contribution in [2.45, 2.75) is 38.6 Å². The molecule has 2 atom stereocenters. The number of carbonyl (C=O) groups excluding carboxylic acids is 2. The fraction of sp³-hybridized carbons (Fsp3) is 0.321. The first-order valence-electron chi connectivity index (χ1n) is 11.9. The number of likely N-dealkylation sites (tertiary alicyclic amines) is 1. The van der Waals surface area contributed by atoms with Gasteiger partial charge in [0.2, 0.25) is 5.91 Å². The van der Waals surface area contributed by atoms with Gasteiger partial charge in [0, 0.05) is 48.4 Å². The topological polar surface area (TPSA) is 61.8 Å². The van der Waals surface area contributed by atoms with E-state index in [2.05, 4.69) is 29.6 Å². The number of allylic oxidation sites excluding steroid dienone is 1. The number of hydrogen-bond donors (Lipinski definition) is 1. The van der Waals surface area contributed by atoms with Crippen LogP contribution in [-0.4, -0.2) is 42.1 Å². The lowest BCUT2D eigenvalue weighted by Crippen LogP contribution is -2.37. The molecule has 1 N–H and O–H groups in total. The third-order valence-electron chi connectivity index (χ3n) is 6.98. The minimum atomic E-state index is -0.127. The molecule has 5 nitrogen and oxygen atoms in total. The highest BCUT2D eigenvalue weighted by molar-refractivity contribution is 6.30. The largest absolute Gasteiger partial charge is 0.338 e. The van der Waals surface area contributed by atoms with E-state index in [1.807, 2.05) is 17.2 Å². The number of rotatable bonds is 2. The standard InChI is InChI=1S/C28H28ClN3O2/c1-18(33)31-24-9-6-21(7-10-24)28(34)32-15-12-19(13-16-32)26-25-11-8-23(29)17-22(25)5-4-20-3-2-14-30-27(20)26/h2-3,6-11,14,17,20,27H,4-5,12-13,15-16H2,1H3,(H,31,33). The lowest BCUT2D eigenvalue weighted by atomic mass is 9.83. The molecule has 0 spiro atoms. The minimum absolute atomic E-state index is 0.0305. The van der Waals surface area contributed by atoms with Crippen molar-refractivity contribution in [2.75, 3.05) is 18.4 Å². The van der Waals surface area contributed by atoms with E-state index in [0.717, 1.165) is 30.7 Å². The summed E-state index contributed by atoms with van der Waals surface area (Å²) in [5.74, 6) is 0.293. The fourth-order valence-corrected chi connectivity index (χ4v) is 5.53. The van der Waals surface area contributed by atoms with E-state index in [0.29, 0.717) is 30.3 Å². The van der Waals surface area contributed by atoms with Crippen LogP contribution < -0.4 is 5.32 Å². The second-order valence-electron chi connectivity index (χ2n) is 9.20. The summed E-state index contributed by atoms with van der Waals surface area (Å²) in [6.07, 6.45) is 10.0. The molecule has 3 aliphatic rings. The van der Waals surface area contributed by atoms with Crippen molar-refractivity contribution in [1.82, 2.24) is 4.90 Å². The van der Waals surface area contributed by atoms with E-state index in [-0.39, 0.29) is 17.9 Å². The van der Waals surface area contributed by atoms with Gasteiger partial charge in [0.25, 0.3) is 5.91 Å². The molecule has 2 aromatic carbocycles. The van der Waals surface area contributed by atoms with Crippen molar-refractivity contribution in [2.24, 2.45) is 10.9 Å². The summed E-state index contributed by atoms with van der Waals surface area (Å²) in [6, 6.07) is 13.5. The van der Waals surface area contributed by atoms with Crippen LogP contribution in [0.15, 0.2) is 65.2 Å². The molecular weight excluding hydrogens is 446 g/mol. The molecule has 2 amide bonds. The van der Waals surface area contributed by atoms with Gasteiger partial charge in [-0.2, -0.15) is 0 Å². The zero-order valence-electron chi connectivity index (χ0n) is 19.3. The first kappa shape index (κ1) is 22.6. The average Bonchev–Trinajstić information content (AvgIpc) is 3.00. The molecule has 1 aliphatic carbocycles. The Bertz CT molecular complexity index is 1200. The molecule has 34 heavy (non-hydrogen) atoms. The van der Waals surface area contributed by atoms with Gasteiger partial charge in [-0.25, -0.2) is 0 Å². The van der Waals surface area contributed by atoms with Crippen LogP contribution in [0.3, 0.4) is 0 Å². The van der Waals surface area contributed by atoms with Crippen LogP contribution in [0.2, 0.25) is 5.02 Å². The Hall–Kier alpha value is -3.18. The highest BCUT2D eigenvalue weighted by atomic mass is 35.5. The summed E-state index contributed by atoms with van der Waals surface area (Å²) in [5.41, 5.74) is 6.64. The average molecular weight is 474 g/mol. The Balaban J connectivity index is 1.39. The molecule has 0 bridgehead atoms. The van der Waals surface area contributed by atoms with E-state index < -0.39 is 0 Å². The molecule has 1 fully saturated rings. The summed E-state index contributed by atoms with van der Waals surface area (Å²) < 4.78 is 0. The Morgan fingerprint density at radius 3 is 2.56 bits per heavy atom. The van der Waals surface area contributed by atoms with Gasteiger partial charge in [-0.05, 0) is 84.9 Å². The number of dihydropyridines is 1. The number of hydrogen-bond acceptors (Lipinski definition) is 3. The van der Waals surface area contributed by atoms with Crippen molar-refractivity contribution in [3.63, 3.8) is 0 Å². The molecule has 5 rings (SSSR count). The first-order chi connectivity index (χ1) is 16.5. The summed E-state index contributed by atoms with van der Waals surface area (Å²) in [5, 5.41) is 3.51. The van der Waals surface area contributed by atoms with Crippen molar-refractivity contribution in [1.29, 1.82) is 0 Å². The molecule has 6 heteroatoms. The molecule has 0 saturated carbocycles. The Morgan fingerprint density at radius 1 is 1.06 bits per heavy atom. The van der Waals surface area contributed by atoms with Crippen LogP contribution in [0.4, 0.5) is 5.69 Å². The molecule has 2 heterocycles. The second-order valence-corrected chi connectivity index (χ2v) is 9.64. The quantitative estimate of drug-likeness (QED) is 0.620. The number of aryl methyl sites for hydroxylation is 1. The van der Waals surface area contributed by atoms with Crippen molar-refractivity contribution in [3.8, 4) is 0 Å². The Morgan fingerprint density at radius 2 is 1.82 bits per heavy atom. The summed E-state index contributed by atoms with van der Waals surface area (Å²) in [4.78, 5) is 31.2. The van der Waals surface area contributed by atoms with Crippen LogP contribution >= 0.6 is 11.6 Å². The minimum Gasteiger partial charge on any atom is -0.338 e. The van der Waals surface area contributed by atoms with Gasteiger partial charge < -0.3 is 10.2 Å². The number of amides is 2. The van der Waals surface area contributed by atoms with Crippen LogP contribution in [-0.2, 0) is 11.2 Å². The normalized spacial score (nSPS) is 21.5. The maximum absolute atomic E-state index is 13.1. The number of piperidine rings is 1. The van der Waals surface area contributed by atoms with E-state index in [4.69, 9.17) is 16.6 Å². The molecular formula is C28H28ClN3O2. The number of nitrogens with zero attached hydrogens (tertiary/aromatic N) is 2. The maximum Gasteiger partial charge on any atom is 0.253 e. The highest BCUT2D eigenvalue weighted by Gasteiger charge is 2.33.